The molecule has 1 heterocycles. The maximum atomic E-state index is 12.3. The van der Waals surface area contributed by atoms with Crippen LogP contribution >= 0.6 is 11.8 Å². The fourth-order valence-corrected chi connectivity index (χ4v) is 3.23. The van der Waals surface area contributed by atoms with Gasteiger partial charge in [0.15, 0.2) is 16.7 Å². The lowest BCUT2D eigenvalue weighted by Crippen LogP contribution is -2.19. The Hall–Kier alpha value is -3.92. The molecule has 1 aliphatic rings. The second-order valence-corrected chi connectivity index (χ2v) is 7.43. The van der Waals surface area contributed by atoms with Crippen molar-refractivity contribution < 1.29 is 28.6 Å². The van der Waals surface area contributed by atoms with Gasteiger partial charge >= 0.3 is 11.9 Å². The molecular weight excluding hydrogens is 434 g/mol. The number of amides is 1. The minimum atomic E-state index is -0.636. The Balaban J connectivity index is 1.69. The molecule has 0 atom stereocenters. The monoisotopic (exact) mass is 453 g/mol. The number of rotatable bonds is 6. The molecule has 0 bridgehead atoms. The van der Waals surface area contributed by atoms with Crippen LogP contribution in [0.15, 0.2) is 63.6 Å². The average Bonchev–Trinajstić information content (AvgIpc) is 3.13. The van der Waals surface area contributed by atoms with Gasteiger partial charge < -0.3 is 14.2 Å². The van der Waals surface area contributed by atoms with Crippen molar-refractivity contribution in [3.63, 3.8) is 0 Å². The number of hydrogen-bond acceptors (Lipinski definition) is 9. The van der Waals surface area contributed by atoms with E-state index in [9.17, 15) is 14.4 Å². The summed E-state index contributed by atoms with van der Waals surface area (Å²) in [6, 6.07) is 11.9. The first-order chi connectivity index (χ1) is 15.4. The number of carbonyl (C=O) groups is 3. The largest absolute Gasteiger partial charge is 0.493 e. The molecular formula is C22H19N3O6S. The van der Waals surface area contributed by atoms with Crippen molar-refractivity contribution in [2.75, 3.05) is 14.2 Å². The summed E-state index contributed by atoms with van der Waals surface area (Å²) in [7, 11) is 2.68. The molecule has 0 radical (unpaired) electrons. The maximum absolute atomic E-state index is 12.3. The van der Waals surface area contributed by atoms with E-state index in [-0.39, 0.29) is 15.8 Å². The van der Waals surface area contributed by atoms with E-state index in [1.54, 1.807) is 30.3 Å². The fraction of sp³-hybridized carbons (Fsp3) is 0.136. The van der Waals surface area contributed by atoms with Crippen molar-refractivity contribution in [3.05, 3.63) is 70.1 Å². The number of carbonyl (C=O) groups excluding carboxylic acids is 3. The van der Waals surface area contributed by atoms with E-state index in [0.29, 0.717) is 16.9 Å². The van der Waals surface area contributed by atoms with Gasteiger partial charge in [-0.15, -0.1) is 5.10 Å². The summed E-state index contributed by atoms with van der Waals surface area (Å²) in [5, 5.41) is 10.6. The zero-order valence-electron chi connectivity index (χ0n) is 17.4. The van der Waals surface area contributed by atoms with Gasteiger partial charge in [-0.05, 0) is 54.6 Å². The van der Waals surface area contributed by atoms with Crippen LogP contribution < -0.4 is 14.8 Å². The predicted molar refractivity (Wildman–Crippen MR) is 120 cm³/mol. The van der Waals surface area contributed by atoms with Crippen LogP contribution in [0.2, 0.25) is 0 Å². The van der Waals surface area contributed by atoms with Gasteiger partial charge in [0.05, 0.1) is 30.9 Å². The second-order valence-electron chi connectivity index (χ2n) is 6.40. The van der Waals surface area contributed by atoms with E-state index in [0.717, 1.165) is 23.4 Å². The molecule has 2 aromatic carbocycles. The summed E-state index contributed by atoms with van der Waals surface area (Å²) in [6.07, 6.45) is 2.52. The number of nitrogens with zero attached hydrogens (tertiary/aromatic N) is 2. The van der Waals surface area contributed by atoms with Crippen molar-refractivity contribution in [2.45, 2.75) is 6.92 Å². The van der Waals surface area contributed by atoms with E-state index in [1.807, 2.05) is 19.1 Å². The van der Waals surface area contributed by atoms with Gasteiger partial charge in [0.1, 0.15) is 0 Å². The summed E-state index contributed by atoms with van der Waals surface area (Å²) in [5.41, 5.74) is 2.09. The highest BCUT2D eigenvalue weighted by Crippen LogP contribution is 2.28. The van der Waals surface area contributed by atoms with Crippen molar-refractivity contribution >= 4 is 41.0 Å². The molecule has 0 aromatic heterocycles. The van der Waals surface area contributed by atoms with Crippen LogP contribution in [0.1, 0.15) is 21.5 Å². The zero-order valence-corrected chi connectivity index (χ0v) is 18.3. The number of hydrogen-bond donors (Lipinski definition) is 1. The molecule has 9 nitrogen and oxygen atoms in total. The van der Waals surface area contributed by atoms with Gasteiger partial charge in [-0.1, -0.05) is 17.7 Å². The van der Waals surface area contributed by atoms with Crippen LogP contribution in [-0.4, -0.2) is 43.4 Å². The Labute approximate surface area is 188 Å². The number of ether oxygens (including phenoxy) is 3. The lowest BCUT2D eigenvalue weighted by molar-refractivity contribution is -0.135. The molecule has 3 rings (SSSR count). The van der Waals surface area contributed by atoms with E-state index >= 15 is 0 Å². The third kappa shape index (κ3) is 5.82. The zero-order chi connectivity index (χ0) is 23.1. The number of aryl methyl sites for hydroxylation is 1. The average molecular weight is 453 g/mol. The minimum Gasteiger partial charge on any atom is -0.493 e. The highest BCUT2D eigenvalue weighted by atomic mass is 32.2. The Bertz CT molecular complexity index is 1140. The van der Waals surface area contributed by atoms with Gasteiger partial charge in [0, 0.05) is 6.08 Å². The topological polar surface area (TPSA) is 116 Å². The SMILES string of the molecule is COC(=O)/C=C1/S/C(=N\N=Cc2ccc(OC(=O)c3ccc(C)cc3)c(OC)c2)NC1=O. The molecule has 0 unspecified atom stereocenters. The van der Waals surface area contributed by atoms with Gasteiger partial charge in [-0.2, -0.15) is 5.10 Å². The van der Waals surface area contributed by atoms with E-state index < -0.39 is 17.8 Å². The van der Waals surface area contributed by atoms with Crippen LogP contribution in [0.3, 0.4) is 0 Å². The summed E-state index contributed by atoms with van der Waals surface area (Å²) in [6.45, 7) is 1.93. The highest BCUT2D eigenvalue weighted by molar-refractivity contribution is 8.18. The summed E-state index contributed by atoms with van der Waals surface area (Å²) < 4.78 is 15.2. The minimum absolute atomic E-state index is 0.159. The predicted octanol–water partition coefficient (Wildman–Crippen LogP) is 2.83. The molecule has 1 amide bonds. The van der Waals surface area contributed by atoms with Gasteiger partial charge in [-0.3, -0.25) is 10.1 Å². The van der Waals surface area contributed by atoms with Crippen LogP contribution in [0.5, 0.6) is 11.5 Å². The Morgan fingerprint density at radius 2 is 1.81 bits per heavy atom. The molecule has 0 saturated carbocycles. The summed E-state index contributed by atoms with van der Waals surface area (Å²) >= 11 is 0.967. The van der Waals surface area contributed by atoms with Crippen molar-refractivity contribution in [1.82, 2.24) is 5.32 Å². The molecule has 1 aliphatic heterocycles. The summed E-state index contributed by atoms with van der Waals surface area (Å²) in [4.78, 5) is 35.6. The maximum Gasteiger partial charge on any atom is 0.343 e. The molecule has 1 fully saturated rings. The van der Waals surface area contributed by atoms with Crippen LogP contribution in [0.25, 0.3) is 0 Å². The third-order valence-electron chi connectivity index (χ3n) is 4.13. The first-order valence-corrected chi connectivity index (χ1v) is 10.1. The van der Waals surface area contributed by atoms with E-state index in [4.69, 9.17) is 9.47 Å². The highest BCUT2D eigenvalue weighted by Gasteiger charge is 2.25. The number of methoxy groups -OCH3 is 2. The van der Waals surface area contributed by atoms with Crippen molar-refractivity contribution in [3.8, 4) is 11.5 Å². The molecule has 32 heavy (non-hydrogen) atoms. The lowest BCUT2D eigenvalue weighted by atomic mass is 10.1. The molecule has 0 aliphatic carbocycles. The van der Waals surface area contributed by atoms with Gasteiger partial charge in [0.2, 0.25) is 0 Å². The number of esters is 2. The Morgan fingerprint density at radius 3 is 2.50 bits per heavy atom. The summed E-state index contributed by atoms with van der Waals surface area (Å²) in [5.74, 6) is -0.994. The van der Waals surface area contributed by atoms with Crippen LogP contribution in [-0.2, 0) is 14.3 Å². The lowest BCUT2D eigenvalue weighted by Gasteiger charge is -2.10. The fourth-order valence-electron chi connectivity index (χ4n) is 2.49. The van der Waals surface area contributed by atoms with Gasteiger partial charge in [-0.25, -0.2) is 9.59 Å². The number of nitrogens with one attached hydrogen (secondary N) is 1. The normalized spacial score (nSPS) is 15.8. The molecule has 0 spiro atoms. The number of amidine groups is 1. The van der Waals surface area contributed by atoms with Crippen molar-refractivity contribution in [1.29, 1.82) is 0 Å². The third-order valence-corrected chi connectivity index (χ3v) is 5.03. The number of benzene rings is 2. The van der Waals surface area contributed by atoms with Crippen molar-refractivity contribution in [2.24, 2.45) is 10.2 Å². The van der Waals surface area contributed by atoms with E-state index in [2.05, 4.69) is 20.3 Å². The first-order valence-electron chi connectivity index (χ1n) is 9.26. The van der Waals surface area contributed by atoms with E-state index in [1.165, 1.54) is 20.4 Å². The smallest absolute Gasteiger partial charge is 0.343 e. The molecule has 10 heteroatoms. The quantitative estimate of drug-likeness (QED) is 0.235. The molecule has 1 N–H and O–H groups in total. The van der Waals surface area contributed by atoms with Crippen LogP contribution in [0, 0.1) is 6.92 Å². The first kappa shape index (κ1) is 22.8. The molecule has 2 aromatic rings. The Morgan fingerprint density at radius 1 is 1.06 bits per heavy atom. The number of thioether (sulfide) groups is 1. The second kappa shape index (κ2) is 10.4. The van der Waals surface area contributed by atoms with Gasteiger partial charge in [0.25, 0.3) is 5.91 Å². The molecule has 164 valence electrons. The Kier molecular flexibility index (Phi) is 7.40. The van der Waals surface area contributed by atoms with Crippen LogP contribution in [0.4, 0.5) is 0 Å². The standard InChI is InChI=1S/C22H19N3O6S/c1-13-4-7-15(8-5-13)21(28)31-16-9-6-14(10-17(16)29-2)12-23-25-22-24-20(27)18(32-22)11-19(26)30-3/h4-12H,1-3H3,(H,24,25,27)/b18-11+,23-12?. The molecule has 1 saturated heterocycles.